The number of methoxy groups -OCH3 is 1. The van der Waals surface area contributed by atoms with Gasteiger partial charge >= 0.3 is 0 Å². The summed E-state index contributed by atoms with van der Waals surface area (Å²) in [4.78, 5) is 22.2. The van der Waals surface area contributed by atoms with E-state index in [9.17, 15) is 4.79 Å². The number of rotatable bonds is 3. The van der Waals surface area contributed by atoms with Crippen LogP contribution in [0.3, 0.4) is 0 Å². The van der Waals surface area contributed by atoms with E-state index in [0.717, 1.165) is 25.4 Å². The van der Waals surface area contributed by atoms with E-state index in [2.05, 4.69) is 33.0 Å². The first kappa shape index (κ1) is 16.8. The molecule has 0 radical (unpaired) electrons. The summed E-state index contributed by atoms with van der Waals surface area (Å²) in [6.07, 6.45) is 5.81. The van der Waals surface area contributed by atoms with Gasteiger partial charge in [-0.1, -0.05) is 12.1 Å². The Balaban J connectivity index is 1.53. The normalized spacial score (nSPS) is 31.6. The predicted octanol–water partition coefficient (Wildman–Crippen LogP) is 2.79. The third kappa shape index (κ3) is 2.72. The van der Waals surface area contributed by atoms with Crippen LogP contribution in [0.2, 0.25) is 0 Å². The molecule has 0 aliphatic carbocycles. The standard InChI is InChI=1S/C22H25N3O2/c1-27-18-6-2-4-16(12-18)19-14-25(22(26)17-5-3-9-23-13-17)20-15-7-10-24(11-8-15)21(19)20/h2-6,9,12-13,15,19-21H,7-8,10-11,14H2,1H3/t19-,20-,21-/m1/s1. The van der Waals surface area contributed by atoms with Gasteiger partial charge in [-0.15, -0.1) is 0 Å². The van der Waals surface area contributed by atoms with Crippen molar-refractivity contribution in [3.8, 4) is 5.75 Å². The molecule has 4 fully saturated rings. The van der Waals surface area contributed by atoms with Gasteiger partial charge in [-0.05, 0) is 61.7 Å². The molecule has 4 saturated heterocycles. The van der Waals surface area contributed by atoms with Gasteiger partial charge in [0.25, 0.3) is 5.91 Å². The predicted molar refractivity (Wildman–Crippen MR) is 103 cm³/mol. The van der Waals surface area contributed by atoms with Crippen molar-refractivity contribution in [2.75, 3.05) is 26.7 Å². The number of hydrogen-bond acceptors (Lipinski definition) is 4. The zero-order chi connectivity index (χ0) is 18.4. The largest absolute Gasteiger partial charge is 0.497 e. The number of fused-ring (bicyclic) bond motifs is 2. The summed E-state index contributed by atoms with van der Waals surface area (Å²) >= 11 is 0. The number of benzene rings is 1. The molecule has 0 unspecified atom stereocenters. The molecule has 5 heterocycles. The fourth-order valence-electron chi connectivity index (χ4n) is 5.48. The molecule has 5 nitrogen and oxygen atoms in total. The van der Waals surface area contributed by atoms with Crippen LogP contribution < -0.4 is 4.74 Å². The Morgan fingerprint density at radius 1 is 1.15 bits per heavy atom. The second-order valence-electron chi connectivity index (χ2n) is 7.94. The minimum Gasteiger partial charge on any atom is -0.497 e. The van der Waals surface area contributed by atoms with Crippen molar-refractivity contribution in [1.29, 1.82) is 0 Å². The molecule has 0 saturated carbocycles. The number of carbonyl (C=O) groups excluding carboxylic acids is 1. The second-order valence-corrected chi connectivity index (χ2v) is 7.94. The number of carbonyl (C=O) groups is 1. The SMILES string of the molecule is COc1cccc([C@H]2CN(C(=O)c3cccnc3)[C@@H]3C4CCN(CC4)[C@H]23)c1. The minimum absolute atomic E-state index is 0.122. The fraction of sp³-hybridized carbons (Fsp3) is 0.455. The molecule has 6 rings (SSSR count). The van der Waals surface area contributed by atoms with Crippen LogP contribution in [0.5, 0.6) is 5.75 Å². The zero-order valence-corrected chi connectivity index (χ0v) is 15.6. The van der Waals surface area contributed by atoms with Gasteiger partial charge in [0.05, 0.1) is 18.7 Å². The maximum absolute atomic E-state index is 13.3. The number of likely N-dealkylation sites (tertiary alicyclic amines) is 1. The molecule has 4 aliphatic rings. The number of aromatic nitrogens is 1. The monoisotopic (exact) mass is 363 g/mol. The van der Waals surface area contributed by atoms with Gasteiger partial charge in [-0.3, -0.25) is 14.7 Å². The summed E-state index contributed by atoms with van der Waals surface area (Å²) in [6.45, 7) is 3.08. The summed E-state index contributed by atoms with van der Waals surface area (Å²) < 4.78 is 5.45. The first-order chi connectivity index (χ1) is 13.3. The van der Waals surface area contributed by atoms with Gasteiger partial charge in [-0.25, -0.2) is 0 Å². The number of amides is 1. The van der Waals surface area contributed by atoms with Crippen LogP contribution in [0.4, 0.5) is 0 Å². The van der Waals surface area contributed by atoms with E-state index in [4.69, 9.17) is 4.74 Å². The highest BCUT2D eigenvalue weighted by Gasteiger charge is 2.54. The Bertz CT molecular complexity index is 832. The molecule has 2 aromatic rings. The number of piperidine rings is 3. The van der Waals surface area contributed by atoms with E-state index in [1.54, 1.807) is 19.5 Å². The molecule has 140 valence electrons. The lowest BCUT2D eigenvalue weighted by Gasteiger charge is -2.51. The van der Waals surface area contributed by atoms with Gasteiger partial charge in [0, 0.05) is 30.9 Å². The Hall–Kier alpha value is -2.40. The van der Waals surface area contributed by atoms with Crippen LogP contribution >= 0.6 is 0 Å². The number of ether oxygens (including phenoxy) is 1. The van der Waals surface area contributed by atoms with Crippen molar-refractivity contribution in [3.05, 3.63) is 59.9 Å². The van der Waals surface area contributed by atoms with Crippen molar-refractivity contribution < 1.29 is 9.53 Å². The topological polar surface area (TPSA) is 45.7 Å². The average Bonchev–Trinajstić information content (AvgIpc) is 3.18. The molecule has 27 heavy (non-hydrogen) atoms. The Morgan fingerprint density at radius 3 is 2.74 bits per heavy atom. The van der Waals surface area contributed by atoms with E-state index < -0.39 is 0 Å². The molecule has 4 aliphatic heterocycles. The molecule has 1 aromatic heterocycles. The van der Waals surface area contributed by atoms with Gasteiger partial charge in [0.2, 0.25) is 0 Å². The second kappa shape index (κ2) is 6.64. The molecule has 1 aromatic carbocycles. The van der Waals surface area contributed by atoms with Crippen molar-refractivity contribution in [3.63, 3.8) is 0 Å². The number of nitrogens with zero attached hydrogens (tertiary/aromatic N) is 3. The molecule has 1 amide bonds. The van der Waals surface area contributed by atoms with E-state index in [1.165, 1.54) is 18.4 Å². The van der Waals surface area contributed by atoms with E-state index >= 15 is 0 Å². The zero-order valence-electron chi connectivity index (χ0n) is 15.6. The van der Waals surface area contributed by atoms with Crippen LogP contribution in [0.25, 0.3) is 0 Å². The third-order valence-electron chi connectivity index (χ3n) is 6.69. The lowest BCUT2D eigenvalue weighted by Crippen LogP contribution is -2.60. The van der Waals surface area contributed by atoms with Gasteiger partial charge in [-0.2, -0.15) is 0 Å². The summed E-state index contributed by atoms with van der Waals surface area (Å²) in [6, 6.07) is 12.8. The molecule has 0 spiro atoms. The van der Waals surface area contributed by atoms with Crippen LogP contribution in [0.15, 0.2) is 48.8 Å². The van der Waals surface area contributed by atoms with Crippen molar-refractivity contribution in [2.24, 2.45) is 5.92 Å². The molecule has 5 heteroatoms. The summed E-state index contributed by atoms with van der Waals surface area (Å²) in [7, 11) is 1.71. The van der Waals surface area contributed by atoms with Crippen molar-refractivity contribution >= 4 is 5.91 Å². The molecule has 3 atom stereocenters. The van der Waals surface area contributed by atoms with Gasteiger partial charge in [0.15, 0.2) is 0 Å². The smallest absolute Gasteiger partial charge is 0.255 e. The van der Waals surface area contributed by atoms with Crippen LogP contribution in [0.1, 0.15) is 34.7 Å². The van der Waals surface area contributed by atoms with E-state index in [1.807, 2.05) is 18.2 Å². The molecular formula is C22H25N3O2. The maximum atomic E-state index is 13.3. The molecular weight excluding hydrogens is 338 g/mol. The van der Waals surface area contributed by atoms with Crippen LogP contribution in [-0.4, -0.2) is 59.5 Å². The lowest BCUT2D eigenvalue weighted by atomic mass is 9.75. The van der Waals surface area contributed by atoms with Gasteiger partial charge in [0.1, 0.15) is 5.75 Å². The van der Waals surface area contributed by atoms with Crippen molar-refractivity contribution in [1.82, 2.24) is 14.8 Å². The average molecular weight is 363 g/mol. The Morgan fingerprint density at radius 2 is 2.00 bits per heavy atom. The third-order valence-corrected chi connectivity index (χ3v) is 6.69. The highest BCUT2D eigenvalue weighted by atomic mass is 16.5. The Kier molecular flexibility index (Phi) is 4.12. The van der Waals surface area contributed by atoms with E-state index in [-0.39, 0.29) is 5.91 Å². The quantitative estimate of drug-likeness (QED) is 0.841. The highest BCUT2D eigenvalue weighted by molar-refractivity contribution is 5.94. The first-order valence-electron chi connectivity index (χ1n) is 9.85. The highest BCUT2D eigenvalue weighted by Crippen LogP contribution is 2.47. The van der Waals surface area contributed by atoms with Gasteiger partial charge < -0.3 is 9.64 Å². The molecule has 2 bridgehead atoms. The molecule has 0 N–H and O–H groups in total. The minimum atomic E-state index is 0.122. The summed E-state index contributed by atoms with van der Waals surface area (Å²) in [5.41, 5.74) is 1.97. The first-order valence-corrected chi connectivity index (χ1v) is 9.85. The summed E-state index contributed by atoms with van der Waals surface area (Å²) in [5, 5.41) is 0. The number of hydrogen-bond donors (Lipinski definition) is 0. The van der Waals surface area contributed by atoms with E-state index in [0.29, 0.717) is 29.5 Å². The maximum Gasteiger partial charge on any atom is 0.255 e. The number of pyridine rings is 1. The van der Waals surface area contributed by atoms with Crippen molar-refractivity contribution in [2.45, 2.75) is 30.8 Å². The van der Waals surface area contributed by atoms with Crippen LogP contribution in [-0.2, 0) is 0 Å². The summed E-state index contributed by atoms with van der Waals surface area (Å²) in [5.74, 6) is 1.94. The fourth-order valence-corrected chi connectivity index (χ4v) is 5.48. The van der Waals surface area contributed by atoms with Crippen LogP contribution in [0, 0.1) is 5.92 Å². The Labute approximate surface area is 159 Å². The lowest BCUT2D eigenvalue weighted by molar-refractivity contribution is -0.00342.